The molecular formula is C18H27N3. The van der Waals surface area contributed by atoms with Gasteiger partial charge in [0.2, 0.25) is 0 Å². The van der Waals surface area contributed by atoms with E-state index >= 15 is 0 Å². The Bertz CT molecular complexity index is 518. The Hall–Kier alpha value is -1.61. The first-order valence-electron chi connectivity index (χ1n) is 8.07. The van der Waals surface area contributed by atoms with Gasteiger partial charge in [0.15, 0.2) is 0 Å². The van der Waals surface area contributed by atoms with Gasteiger partial charge in [-0.25, -0.2) is 0 Å². The molecule has 0 amide bonds. The molecule has 2 rings (SSSR count). The van der Waals surface area contributed by atoms with Crippen LogP contribution in [0.2, 0.25) is 0 Å². The zero-order valence-electron chi connectivity index (χ0n) is 13.4. The maximum Gasteiger partial charge on any atom is 0.0625 e. The summed E-state index contributed by atoms with van der Waals surface area (Å²) in [5, 5.41) is 8.27. The predicted molar refractivity (Wildman–Crippen MR) is 88.4 cm³/mol. The van der Waals surface area contributed by atoms with Crippen molar-refractivity contribution in [3.05, 3.63) is 53.9 Å². The van der Waals surface area contributed by atoms with E-state index in [1.54, 1.807) is 0 Å². The largest absolute Gasteiger partial charge is 0.310 e. The zero-order valence-corrected chi connectivity index (χ0v) is 13.4. The fraction of sp³-hybridized carbons (Fsp3) is 0.500. The Kier molecular flexibility index (Phi) is 6.00. The van der Waals surface area contributed by atoms with Gasteiger partial charge < -0.3 is 5.32 Å². The molecule has 0 saturated heterocycles. The molecule has 1 N–H and O–H groups in total. The Morgan fingerprint density at radius 1 is 1.14 bits per heavy atom. The molecule has 0 fully saturated rings. The van der Waals surface area contributed by atoms with Crippen molar-refractivity contribution in [1.29, 1.82) is 0 Å². The van der Waals surface area contributed by atoms with Crippen LogP contribution in [0.4, 0.5) is 0 Å². The lowest BCUT2D eigenvalue weighted by Gasteiger charge is -2.17. The van der Waals surface area contributed by atoms with Gasteiger partial charge in [-0.3, -0.25) is 4.68 Å². The second-order valence-electron chi connectivity index (χ2n) is 5.60. The van der Waals surface area contributed by atoms with Gasteiger partial charge in [0.1, 0.15) is 0 Å². The Morgan fingerprint density at radius 3 is 2.57 bits per heavy atom. The molecule has 3 nitrogen and oxygen atoms in total. The van der Waals surface area contributed by atoms with Crippen LogP contribution in [-0.4, -0.2) is 16.3 Å². The van der Waals surface area contributed by atoms with Crippen molar-refractivity contribution < 1.29 is 0 Å². The van der Waals surface area contributed by atoms with Crippen LogP contribution in [0.5, 0.6) is 0 Å². The molecule has 2 atom stereocenters. The number of aryl methyl sites for hydroxylation is 1. The summed E-state index contributed by atoms with van der Waals surface area (Å²) in [6.45, 7) is 7.55. The number of benzene rings is 1. The van der Waals surface area contributed by atoms with E-state index in [2.05, 4.69) is 73.4 Å². The molecule has 1 aromatic carbocycles. The SMILES string of the molecule is CCNC(CCc1ccn(C(C)CC)n1)c1ccccc1. The smallest absolute Gasteiger partial charge is 0.0625 e. The standard InChI is InChI=1S/C18H27N3/c1-4-15(3)21-14-13-17(20-21)11-12-18(19-5-2)16-9-7-6-8-10-16/h6-10,13-15,18-19H,4-5,11-12H2,1-3H3. The molecule has 21 heavy (non-hydrogen) atoms. The highest BCUT2D eigenvalue weighted by Crippen LogP contribution is 2.19. The van der Waals surface area contributed by atoms with Crippen molar-refractivity contribution >= 4 is 0 Å². The molecule has 114 valence electrons. The van der Waals surface area contributed by atoms with Crippen LogP contribution in [0.1, 0.15) is 57.0 Å². The van der Waals surface area contributed by atoms with Crippen molar-refractivity contribution in [2.24, 2.45) is 0 Å². The first kappa shape index (κ1) is 15.8. The molecule has 0 aliphatic carbocycles. The number of nitrogens with zero attached hydrogens (tertiary/aromatic N) is 2. The lowest BCUT2D eigenvalue weighted by Crippen LogP contribution is -2.21. The summed E-state index contributed by atoms with van der Waals surface area (Å²) in [7, 11) is 0. The van der Waals surface area contributed by atoms with E-state index in [4.69, 9.17) is 5.10 Å². The first-order valence-corrected chi connectivity index (χ1v) is 8.07. The average Bonchev–Trinajstić information content (AvgIpc) is 3.00. The maximum absolute atomic E-state index is 4.70. The van der Waals surface area contributed by atoms with Gasteiger partial charge in [0, 0.05) is 18.3 Å². The molecule has 0 bridgehead atoms. The average molecular weight is 285 g/mol. The number of hydrogen-bond donors (Lipinski definition) is 1. The number of hydrogen-bond acceptors (Lipinski definition) is 2. The van der Waals surface area contributed by atoms with Crippen LogP contribution in [0.15, 0.2) is 42.6 Å². The van der Waals surface area contributed by atoms with Gasteiger partial charge >= 0.3 is 0 Å². The summed E-state index contributed by atoms with van der Waals surface area (Å²) in [4.78, 5) is 0. The number of nitrogens with one attached hydrogen (secondary N) is 1. The number of rotatable bonds is 8. The predicted octanol–water partition coefficient (Wildman–Crippen LogP) is 4.14. The summed E-state index contributed by atoms with van der Waals surface area (Å²) < 4.78 is 2.08. The minimum atomic E-state index is 0.407. The third-order valence-electron chi connectivity index (χ3n) is 4.05. The number of aromatic nitrogens is 2. The third-order valence-corrected chi connectivity index (χ3v) is 4.05. The fourth-order valence-corrected chi connectivity index (χ4v) is 2.55. The van der Waals surface area contributed by atoms with E-state index in [0.717, 1.165) is 25.8 Å². The molecule has 2 aromatic rings. The van der Waals surface area contributed by atoms with Gasteiger partial charge in [0.25, 0.3) is 0 Å². The Balaban J connectivity index is 1.97. The normalized spacial score (nSPS) is 14.0. The van der Waals surface area contributed by atoms with Gasteiger partial charge in [0.05, 0.1) is 5.69 Å². The van der Waals surface area contributed by atoms with Gasteiger partial charge in [-0.1, -0.05) is 44.2 Å². The molecule has 0 radical (unpaired) electrons. The van der Waals surface area contributed by atoms with Crippen molar-refractivity contribution in [2.75, 3.05) is 6.54 Å². The van der Waals surface area contributed by atoms with Crippen LogP contribution < -0.4 is 5.32 Å². The summed E-state index contributed by atoms with van der Waals surface area (Å²) in [5.41, 5.74) is 2.55. The lowest BCUT2D eigenvalue weighted by atomic mass is 10.0. The van der Waals surface area contributed by atoms with Crippen LogP contribution in [0.25, 0.3) is 0 Å². The Labute approximate surface area is 128 Å². The molecule has 2 unspecified atom stereocenters. The highest BCUT2D eigenvalue weighted by Gasteiger charge is 2.11. The minimum absolute atomic E-state index is 0.407. The van der Waals surface area contributed by atoms with E-state index < -0.39 is 0 Å². The van der Waals surface area contributed by atoms with E-state index in [1.165, 1.54) is 11.3 Å². The molecule has 3 heteroatoms. The van der Waals surface area contributed by atoms with Crippen molar-refractivity contribution in [1.82, 2.24) is 15.1 Å². The molecule has 0 spiro atoms. The molecular weight excluding hydrogens is 258 g/mol. The van der Waals surface area contributed by atoms with E-state index in [-0.39, 0.29) is 0 Å². The summed E-state index contributed by atoms with van der Waals surface area (Å²) in [5.74, 6) is 0. The van der Waals surface area contributed by atoms with Crippen LogP contribution in [0, 0.1) is 0 Å². The summed E-state index contributed by atoms with van der Waals surface area (Å²) >= 11 is 0. The van der Waals surface area contributed by atoms with Crippen LogP contribution in [0.3, 0.4) is 0 Å². The molecule has 1 heterocycles. The van der Waals surface area contributed by atoms with Crippen molar-refractivity contribution in [3.8, 4) is 0 Å². The van der Waals surface area contributed by atoms with E-state index in [9.17, 15) is 0 Å². The second kappa shape index (κ2) is 7.99. The third kappa shape index (κ3) is 4.43. The minimum Gasteiger partial charge on any atom is -0.310 e. The van der Waals surface area contributed by atoms with Crippen LogP contribution >= 0.6 is 0 Å². The van der Waals surface area contributed by atoms with Crippen LogP contribution in [-0.2, 0) is 6.42 Å². The fourth-order valence-electron chi connectivity index (χ4n) is 2.55. The monoisotopic (exact) mass is 285 g/mol. The molecule has 0 aliphatic rings. The molecule has 0 aliphatic heterocycles. The lowest BCUT2D eigenvalue weighted by molar-refractivity contribution is 0.467. The summed E-state index contributed by atoms with van der Waals surface area (Å²) in [6, 6.07) is 13.7. The van der Waals surface area contributed by atoms with Gasteiger partial charge in [-0.05, 0) is 44.4 Å². The Morgan fingerprint density at radius 2 is 1.90 bits per heavy atom. The molecule has 1 aromatic heterocycles. The highest BCUT2D eigenvalue weighted by atomic mass is 15.3. The highest BCUT2D eigenvalue weighted by molar-refractivity contribution is 5.19. The topological polar surface area (TPSA) is 29.9 Å². The van der Waals surface area contributed by atoms with Crippen molar-refractivity contribution in [3.63, 3.8) is 0 Å². The van der Waals surface area contributed by atoms with Crippen molar-refractivity contribution in [2.45, 2.75) is 52.1 Å². The van der Waals surface area contributed by atoms with E-state index in [1.807, 2.05) is 0 Å². The van der Waals surface area contributed by atoms with Gasteiger partial charge in [-0.2, -0.15) is 5.10 Å². The summed E-state index contributed by atoms with van der Waals surface area (Å²) in [6.07, 6.45) is 5.31. The van der Waals surface area contributed by atoms with Gasteiger partial charge in [-0.15, -0.1) is 0 Å². The first-order chi connectivity index (χ1) is 10.2. The second-order valence-corrected chi connectivity index (χ2v) is 5.60. The quantitative estimate of drug-likeness (QED) is 0.790. The zero-order chi connectivity index (χ0) is 15.1. The maximum atomic E-state index is 4.70. The molecule has 0 saturated carbocycles. The van der Waals surface area contributed by atoms with E-state index in [0.29, 0.717) is 12.1 Å².